The monoisotopic (exact) mass is 284 g/mol. The molecule has 102 valence electrons. The Morgan fingerprint density at radius 1 is 1.37 bits per heavy atom. The standard InChI is InChI=1S/C12H13FN2O3S/c1-8(16)7-19(17,18)12-14-6-11(15-12)9-2-4-10(13)5-3-9/h2-6,8,16H,7H2,1H3,(H,14,15). The molecule has 5 nitrogen and oxygen atoms in total. The fourth-order valence-electron chi connectivity index (χ4n) is 1.63. The topological polar surface area (TPSA) is 83.0 Å². The molecule has 0 aliphatic heterocycles. The van der Waals surface area contributed by atoms with Crippen molar-refractivity contribution in [3.05, 3.63) is 36.3 Å². The predicted molar refractivity (Wildman–Crippen MR) is 67.7 cm³/mol. The highest BCUT2D eigenvalue weighted by Crippen LogP contribution is 2.19. The molecule has 0 saturated heterocycles. The van der Waals surface area contributed by atoms with Gasteiger partial charge in [0, 0.05) is 0 Å². The van der Waals surface area contributed by atoms with E-state index in [0.717, 1.165) is 0 Å². The van der Waals surface area contributed by atoms with Gasteiger partial charge in [-0.15, -0.1) is 0 Å². The molecule has 7 heteroatoms. The van der Waals surface area contributed by atoms with Gasteiger partial charge >= 0.3 is 0 Å². The Hall–Kier alpha value is -1.73. The molecule has 0 fully saturated rings. The number of aromatic nitrogens is 2. The van der Waals surface area contributed by atoms with Crippen molar-refractivity contribution in [1.82, 2.24) is 9.97 Å². The molecule has 0 saturated carbocycles. The molecule has 0 amide bonds. The predicted octanol–water partition coefficient (Wildman–Crippen LogP) is 1.37. The minimum absolute atomic E-state index is 0.201. The number of benzene rings is 1. The third kappa shape index (κ3) is 3.18. The third-order valence-corrected chi connectivity index (χ3v) is 4.18. The number of aliphatic hydroxyl groups excluding tert-OH is 1. The molecule has 2 rings (SSSR count). The van der Waals surface area contributed by atoms with Crippen LogP contribution < -0.4 is 0 Å². The second-order valence-corrected chi connectivity index (χ2v) is 6.19. The van der Waals surface area contributed by atoms with Crippen LogP contribution >= 0.6 is 0 Å². The van der Waals surface area contributed by atoms with E-state index in [2.05, 4.69) is 9.97 Å². The van der Waals surface area contributed by atoms with Crippen LogP contribution in [0.4, 0.5) is 4.39 Å². The van der Waals surface area contributed by atoms with Crippen molar-refractivity contribution in [3.8, 4) is 11.3 Å². The van der Waals surface area contributed by atoms with Gasteiger partial charge in [0.25, 0.3) is 0 Å². The highest BCUT2D eigenvalue weighted by Gasteiger charge is 2.21. The number of hydrogen-bond donors (Lipinski definition) is 2. The molecule has 0 spiro atoms. The second kappa shape index (κ2) is 5.10. The van der Waals surface area contributed by atoms with Gasteiger partial charge in [0.1, 0.15) is 5.82 Å². The number of nitrogens with zero attached hydrogens (tertiary/aromatic N) is 1. The number of H-pyrrole nitrogens is 1. The lowest BCUT2D eigenvalue weighted by atomic mass is 10.2. The lowest BCUT2D eigenvalue weighted by molar-refractivity contribution is 0.218. The summed E-state index contributed by atoms with van der Waals surface area (Å²) in [4.78, 5) is 6.45. The van der Waals surface area contributed by atoms with Crippen molar-refractivity contribution in [3.63, 3.8) is 0 Å². The first-order valence-corrected chi connectivity index (χ1v) is 7.25. The van der Waals surface area contributed by atoms with Gasteiger partial charge in [0.15, 0.2) is 0 Å². The Morgan fingerprint density at radius 2 is 2.00 bits per heavy atom. The average Bonchev–Trinajstić information content (AvgIpc) is 2.78. The molecule has 1 aromatic carbocycles. The average molecular weight is 284 g/mol. The number of rotatable bonds is 4. The molecule has 2 aromatic rings. The van der Waals surface area contributed by atoms with Crippen LogP contribution in [0.2, 0.25) is 0 Å². The first kappa shape index (κ1) is 13.7. The van der Waals surface area contributed by atoms with Crippen LogP contribution in [0, 0.1) is 5.82 Å². The normalized spacial score (nSPS) is 13.4. The summed E-state index contributed by atoms with van der Waals surface area (Å²) in [6.07, 6.45) is 0.395. The van der Waals surface area contributed by atoms with Gasteiger partial charge in [0.05, 0.1) is 23.7 Å². The number of sulfone groups is 1. The molecular formula is C12H13FN2O3S. The van der Waals surface area contributed by atoms with Gasteiger partial charge in [-0.3, -0.25) is 0 Å². The zero-order valence-corrected chi connectivity index (χ0v) is 11.0. The molecule has 2 N–H and O–H groups in total. The Kier molecular flexibility index (Phi) is 3.68. The van der Waals surface area contributed by atoms with Crippen molar-refractivity contribution < 1.29 is 17.9 Å². The molecule has 1 aromatic heterocycles. The summed E-state index contributed by atoms with van der Waals surface area (Å²) < 4.78 is 36.4. The van der Waals surface area contributed by atoms with E-state index in [4.69, 9.17) is 5.11 Å². The van der Waals surface area contributed by atoms with Crippen LogP contribution in [0.3, 0.4) is 0 Å². The van der Waals surface area contributed by atoms with Crippen LogP contribution in [0.15, 0.2) is 35.6 Å². The van der Waals surface area contributed by atoms with E-state index in [9.17, 15) is 12.8 Å². The lowest BCUT2D eigenvalue weighted by Crippen LogP contribution is -2.18. The van der Waals surface area contributed by atoms with Crippen molar-refractivity contribution in [1.29, 1.82) is 0 Å². The fourth-order valence-corrected chi connectivity index (χ4v) is 2.91. The van der Waals surface area contributed by atoms with Gasteiger partial charge in [-0.1, -0.05) is 0 Å². The molecule has 19 heavy (non-hydrogen) atoms. The summed E-state index contributed by atoms with van der Waals surface area (Å²) in [5.41, 5.74) is 1.11. The maximum absolute atomic E-state index is 12.8. The smallest absolute Gasteiger partial charge is 0.225 e. The van der Waals surface area contributed by atoms with Gasteiger partial charge in [-0.2, -0.15) is 0 Å². The summed E-state index contributed by atoms with van der Waals surface area (Å²) in [7, 11) is -3.65. The number of imidazole rings is 1. The first-order chi connectivity index (χ1) is 8.88. The quantitative estimate of drug-likeness (QED) is 0.888. The zero-order valence-electron chi connectivity index (χ0n) is 10.2. The van der Waals surface area contributed by atoms with E-state index in [0.29, 0.717) is 11.3 Å². The Morgan fingerprint density at radius 3 is 2.58 bits per heavy atom. The summed E-state index contributed by atoms with van der Waals surface area (Å²) in [6.45, 7) is 1.39. The minimum atomic E-state index is -3.65. The number of hydrogen-bond acceptors (Lipinski definition) is 4. The number of halogens is 1. The van der Waals surface area contributed by atoms with E-state index in [-0.39, 0.29) is 11.0 Å². The minimum Gasteiger partial charge on any atom is -0.392 e. The van der Waals surface area contributed by atoms with E-state index in [1.807, 2.05) is 0 Å². The summed E-state index contributed by atoms with van der Waals surface area (Å²) in [5, 5.41) is 8.94. The van der Waals surface area contributed by atoms with E-state index in [1.54, 1.807) is 0 Å². The van der Waals surface area contributed by atoms with Gasteiger partial charge < -0.3 is 10.1 Å². The Balaban J connectivity index is 2.31. The van der Waals surface area contributed by atoms with Crippen LogP contribution in [-0.2, 0) is 9.84 Å². The first-order valence-electron chi connectivity index (χ1n) is 5.60. The van der Waals surface area contributed by atoms with Crippen LogP contribution in [0.5, 0.6) is 0 Å². The van der Waals surface area contributed by atoms with Gasteiger partial charge in [0.2, 0.25) is 15.0 Å². The SMILES string of the molecule is CC(O)CS(=O)(=O)c1ncc(-c2ccc(F)cc2)[nH]1. The van der Waals surface area contributed by atoms with Crippen molar-refractivity contribution >= 4 is 9.84 Å². The van der Waals surface area contributed by atoms with Crippen molar-refractivity contribution in [2.24, 2.45) is 0 Å². The largest absolute Gasteiger partial charge is 0.392 e. The summed E-state index contributed by atoms with van der Waals surface area (Å²) in [6, 6.07) is 5.60. The maximum Gasteiger partial charge on any atom is 0.225 e. The molecule has 0 aliphatic carbocycles. The third-order valence-electron chi connectivity index (χ3n) is 2.46. The van der Waals surface area contributed by atoms with Gasteiger partial charge in [-0.05, 0) is 36.8 Å². The highest BCUT2D eigenvalue weighted by atomic mass is 32.2. The zero-order chi connectivity index (χ0) is 14.0. The summed E-state index contributed by atoms with van der Waals surface area (Å²) >= 11 is 0. The maximum atomic E-state index is 12.8. The van der Waals surface area contributed by atoms with Crippen molar-refractivity contribution in [2.45, 2.75) is 18.2 Å². The molecule has 0 bridgehead atoms. The summed E-state index contributed by atoms with van der Waals surface area (Å²) in [5.74, 6) is -0.770. The van der Waals surface area contributed by atoms with E-state index >= 15 is 0 Å². The molecule has 1 heterocycles. The van der Waals surface area contributed by atoms with Gasteiger partial charge in [-0.25, -0.2) is 17.8 Å². The van der Waals surface area contributed by atoms with Crippen LogP contribution in [0.25, 0.3) is 11.3 Å². The van der Waals surface area contributed by atoms with Crippen LogP contribution in [0.1, 0.15) is 6.92 Å². The molecule has 1 atom stereocenters. The van der Waals surface area contributed by atoms with Crippen LogP contribution in [-0.4, -0.2) is 35.3 Å². The molecular weight excluding hydrogens is 271 g/mol. The molecule has 0 radical (unpaired) electrons. The van der Waals surface area contributed by atoms with Crippen molar-refractivity contribution in [2.75, 3.05) is 5.75 Å². The van der Waals surface area contributed by atoms with E-state index in [1.165, 1.54) is 37.4 Å². The number of nitrogens with one attached hydrogen (secondary N) is 1. The second-order valence-electron chi connectivity index (χ2n) is 4.24. The number of aliphatic hydroxyl groups is 1. The number of aromatic amines is 1. The molecule has 1 unspecified atom stereocenters. The Bertz CT molecular complexity index is 663. The molecule has 0 aliphatic rings. The lowest BCUT2D eigenvalue weighted by Gasteiger charge is -2.03. The fraction of sp³-hybridized carbons (Fsp3) is 0.250. The highest BCUT2D eigenvalue weighted by molar-refractivity contribution is 7.91. The van der Waals surface area contributed by atoms with E-state index < -0.39 is 21.7 Å². The Labute approximate surface area is 110 Å².